The molecule has 104 valence electrons. The Labute approximate surface area is 130 Å². The van der Waals surface area contributed by atoms with Gasteiger partial charge in [-0.3, -0.25) is 4.79 Å². The molecule has 0 aromatic heterocycles. The van der Waals surface area contributed by atoms with Crippen LogP contribution in [0.1, 0.15) is 15.9 Å². The van der Waals surface area contributed by atoms with Crippen LogP contribution in [0, 0.1) is 5.82 Å². The Morgan fingerprint density at radius 3 is 2.48 bits per heavy atom. The Morgan fingerprint density at radius 1 is 0.952 bits per heavy atom. The Kier molecular flexibility index (Phi) is 3.84. The molecule has 0 bridgehead atoms. The maximum Gasteiger partial charge on any atom is 0.168 e. The summed E-state index contributed by atoms with van der Waals surface area (Å²) in [6, 6.07) is 18.1. The minimum Gasteiger partial charge on any atom is -0.294 e. The number of fused-ring (bicyclic) bond motifs is 1. The molecule has 0 fully saturated rings. The second kappa shape index (κ2) is 5.78. The van der Waals surface area contributed by atoms with Gasteiger partial charge in [-0.2, -0.15) is 0 Å². The van der Waals surface area contributed by atoms with Crippen LogP contribution >= 0.6 is 15.9 Å². The van der Waals surface area contributed by atoms with Crippen molar-refractivity contribution in [3.63, 3.8) is 0 Å². The standard InChI is InChI=1S/C18H12BrFO/c19-17-11-15(20)7-8-16(17)18(21)10-12-5-6-13-3-1-2-4-14(13)9-12/h1-9,11H,10H2. The number of hydrogen-bond acceptors (Lipinski definition) is 1. The van der Waals surface area contributed by atoms with Crippen molar-refractivity contribution in [1.29, 1.82) is 0 Å². The van der Waals surface area contributed by atoms with E-state index in [-0.39, 0.29) is 11.6 Å². The molecule has 21 heavy (non-hydrogen) atoms. The van der Waals surface area contributed by atoms with Crippen LogP contribution in [0.25, 0.3) is 10.8 Å². The molecule has 0 atom stereocenters. The van der Waals surface area contributed by atoms with Crippen LogP contribution in [0.5, 0.6) is 0 Å². The van der Waals surface area contributed by atoms with Crippen molar-refractivity contribution in [2.24, 2.45) is 0 Å². The first-order chi connectivity index (χ1) is 10.1. The Morgan fingerprint density at radius 2 is 1.71 bits per heavy atom. The molecule has 3 aromatic carbocycles. The van der Waals surface area contributed by atoms with Gasteiger partial charge in [-0.15, -0.1) is 0 Å². The summed E-state index contributed by atoms with van der Waals surface area (Å²) >= 11 is 3.24. The van der Waals surface area contributed by atoms with Crippen LogP contribution in [-0.2, 0) is 6.42 Å². The van der Waals surface area contributed by atoms with Crippen LogP contribution in [0.2, 0.25) is 0 Å². The molecule has 0 amide bonds. The van der Waals surface area contributed by atoms with Crippen molar-refractivity contribution < 1.29 is 9.18 Å². The lowest BCUT2D eigenvalue weighted by Crippen LogP contribution is -2.04. The number of Topliss-reactive ketones (excluding diaryl/α,β-unsaturated/α-hetero) is 1. The molecule has 0 unspecified atom stereocenters. The highest BCUT2D eigenvalue weighted by Crippen LogP contribution is 2.21. The Balaban J connectivity index is 1.89. The van der Waals surface area contributed by atoms with Crippen molar-refractivity contribution >= 4 is 32.5 Å². The molecule has 0 saturated heterocycles. The van der Waals surface area contributed by atoms with Crippen LogP contribution < -0.4 is 0 Å². The van der Waals surface area contributed by atoms with Crippen molar-refractivity contribution in [1.82, 2.24) is 0 Å². The van der Waals surface area contributed by atoms with Gasteiger partial charge in [0.05, 0.1) is 0 Å². The predicted octanol–water partition coefficient (Wildman–Crippen LogP) is 5.17. The quantitative estimate of drug-likeness (QED) is 0.600. The van der Waals surface area contributed by atoms with E-state index < -0.39 is 0 Å². The van der Waals surface area contributed by atoms with Gasteiger partial charge in [0.2, 0.25) is 0 Å². The highest BCUT2D eigenvalue weighted by atomic mass is 79.9. The normalized spacial score (nSPS) is 10.8. The zero-order chi connectivity index (χ0) is 14.8. The molecule has 0 saturated carbocycles. The first kappa shape index (κ1) is 14.0. The number of hydrogen-bond donors (Lipinski definition) is 0. The second-order valence-electron chi connectivity index (χ2n) is 4.91. The van der Waals surface area contributed by atoms with E-state index in [1.165, 1.54) is 18.2 Å². The SMILES string of the molecule is O=C(Cc1ccc2ccccc2c1)c1ccc(F)cc1Br. The number of halogens is 2. The zero-order valence-electron chi connectivity index (χ0n) is 11.1. The van der Waals surface area contributed by atoms with Gasteiger partial charge in [0.25, 0.3) is 0 Å². The van der Waals surface area contributed by atoms with Gasteiger partial charge in [-0.25, -0.2) is 4.39 Å². The zero-order valence-corrected chi connectivity index (χ0v) is 12.7. The lowest BCUT2D eigenvalue weighted by atomic mass is 10.0. The fraction of sp³-hybridized carbons (Fsp3) is 0.0556. The van der Waals surface area contributed by atoms with Gasteiger partial charge in [0.1, 0.15) is 5.82 Å². The van der Waals surface area contributed by atoms with E-state index in [0.717, 1.165) is 16.3 Å². The Bertz CT molecular complexity index is 826. The predicted molar refractivity (Wildman–Crippen MR) is 86.1 cm³/mol. The van der Waals surface area contributed by atoms with Gasteiger partial charge in [0.15, 0.2) is 5.78 Å². The van der Waals surface area contributed by atoms with Crippen LogP contribution in [0.4, 0.5) is 4.39 Å². The molecule has 3 heteroatoms. The molecule has 0 N–H and O–H groups in total. The second-order valence-corrected chi connectivity index (χ2v) is 5.76. The van der Waals surface area contributed by atoms with Gasteiger partial charge in [-0.05, 0) is 50.5 Å². The summed E-state index contributed by atoms with van der Waals surface area (Å²) in [5.41, 5.74) is 1.46. The van der Waals surface area contributed by atoms with E-state index in [0.29, 0.717) is 16.5 Å². The minimum atomic E-state index is -0.357. The third-order valence-electron chi connectivity index (χ3n) is 3.41. The summed E-state index contributed by atoms with van der Waals surface area (Å²) in [7, 11) is 0. The van der Waals surface area contributed by atoms with E-state index in [2.05, 4.69) is 15.9 Å². The fourth-order valence-electron chi connectivity index (χ4n) is 2.34. The molecular weight excluding hydrogens is 331 g/mol. The van der Waals surface area contributed by atoms with Gasteiger partial charge >= 0.3 is 0 Å². The Hall–Kier alpha value is -2.00. The summed E-state index contributed by atoms with van der Waals surface area (Å²) in [6.45, 7) is 0. The highest BCUT2D eigenvalue weighted by molar-refractivity contribution is 9.10. The molecular formula is C18H12BrFO. The summed E-state index contributed by atoms with van der Waals surface area (Å²) in [5, 5.41) is 2.26. The fourth-order valence-corrected chi connectivity index (χ4v) is 2.92. The van der Waals surface area contributed by atoms with E-state index in [1.807, 2.05) is 42.5 Å². The molecule has 0 radical (unpaired) electrons. The number of rotatable bonds is 3. The van der Waals surface area contributed by atoms with E-state index in [4.69, 9.17) is 0 Å². The summed E-state index contributed by atoms with van der Waals surface area (Å²) in [4.78, 5) is 12.3. The molecule has 0 aliphatic carbocycles. The molecule has 0 aliphatic rings. The van der Waals surface area contributed by atoms with E-state index in [9.17, 15) is 9.18 Å². The lowest BCUT2D eigenvalue weighted by Gasteiger charge is -2.06. The van der Waals surface area contributed by atoms with Gasteiger partial charge in [0, 0.05) is 16.5 Å². The molecule has 0 heterocycles. The van der Waals surface area contributed by atoms with Crippen molar-refractivity contribution in [3.05, 3.63) is 82.1 Å². The summed E-state index contributed by atoms with van der Waals surface area (Å²) in [6.07, 6.45) is 0.301. The summed E-state index contributed by atoms with van der Waals surface area (Å²) < 4.78 is 13.6. The first-order valence-electron chi connectivity index (χ1n) is 6.59. The monoisotopic (exact) mass is 342 g/mol. The topological polar surface area (TPSA) is 17.1 Å². The smallest absolute Gasteiger partial charge is 0.168 e. The lowest BCUT2D eigenvalue weighted by molar-refractivity contribution is 0.0992. The van der Waals surface area contributed by atoms with Crippen LogP contribution in [0.15, 0.2) is 65.1 Å². The van der Waals surface area contributed by atoms with Crippen molar-refractivity contribution in [3.8, 4) is 0 Å². The maximum absolute atomic E-state index is 13.1. The largest absolute Gasteiger partial charge is 0.294 e. The molecule has 0 spiro atoms. The van der Waals surface area contributed by atoms with Gasteiger partial charge < -0.3 is 0 Å². The maximum atomic E-state index is 13.1. The van der Waals surface area contributed by atoms with Crippen LogP contribution in [-0.4, -0.2) is 5.78 Å². The summed E-state index contributed by atoms with van der Waals surface area (Å²) in [5.74, 6) is -0.388. The molecule has 3 aromatic rings. The number of benzene rings is 3. The number of carbonyl (C=O) groups is 1. The highest BCUT2D eigenvalue weighted by Gasteiger charge is 2.11. The third-order valence-corrected chi connectivity index (χ3v) is 4.07. The molecule has 0 aliphatic heterocycles. The molecule has 1 nitrogen and oxygen atoms in total. The van der Waals surface area contributed by atoms with Crippen molar-refractivity contribution in [2.75, 3.05) is 0 Å². The number of ketones is 1. The average Bonchev–Trinajstić information content (AvgIpc) is 2.47. The van der Waals surface area contributed by atoms with E-state index in [1.54, 1.807) is 0 Å². The number of carbonyl (C=O) groups excluding carboxylic acids is 1. The third kappa shape index (κ3) is 3.03. The van der Waals surface area contributed by atoms with E-state index >= 15 is 0 Å². The molecule has 3 rings (SSSR count). The minimum absolute atomic E-state index is 0.0304. The van der Waals surface area contributed by atoms with Gasteiger partial charge in [-0.1, -0.05) is 42.5 Å². The van der Waals surface area contributed by atoms with Crippen molar-refractivity contribution in [2.45, 2.75) is 6.42 Å². The average molecular weight is 343 g/mol. The van der Waals surface area contributed by atoms with Crippen LogP contribution in [0.3, 0.4) is 0 Å². The first-order valence-corrected chi connectivity index (χ1v) is 7.39.